The van der Waals surface area contributed by atoms with Gasteiger partial charge in [-0.1, -0.05) is 6.92 Å². The Labute approximate surface area is 107 Å². The Morgan fingerprint density at radius 2 is 2.06 bits per heavy atom. The highest BCUT2D eigenvalue weighted by Crippen LogP contribution is 2.22. The van der Waals surface area contributed by atoms with Crippen LogP contribution >= 0.6 is 0 Å². The molecule has 0 amide bonds. The van der Waals surface area contributed by atoms with Gasteiger partial charge in [0.2, 0.25) is 0 Å². The van der Waals surface area contributed by atoms with Crippen LogP contribution in [-0.2, 0) is 9.47 Å². The van der Waals surface area contributed by atoms with Crippen LogP contribution in [0.4, 0.5) is 5.69 Å². The molecule has 0 saturated carbocycles. The maximum absolute atomic E-state index is 11.5. The van der Waals surface area contributed by atoms with Gasteiger partial charge in [0.25, 0.3) is 0 Å². The highest BCUT2D eigenvalue weighted by Gasteiger charge is 2.13. The molecule has 1 aromatic carbocycles. The zero-order valence-electron chi connectivity index (χ0n) is 10.8. The minimum atomic E-state index is -0.445. The van der Waals surface area contributed by atoms with Gasteiger partial charge in [-0.05, 0) is 18.6 Å². The number of carbonyl (C=O) groups excluding carboxylic acids is 1. The van der Waals surface area contributed by atoms with Gasteiger partial charge in [-0.2, -0.15) is 0 Å². The Morgan fingerprint density at radius 1 is 1.28 bits per heavy atom. The van der Waals surface area contributed by atoms with Crippen LogP contribution in [0.15, 0.2) is 18.2 Å². The molecule has 18 heavy (non-hydrogen) atoms. The molecule has 5 heteroatoms. The van der Waals surface area contributed by atoms with E-state index in [1.807, 2.05) is 6.92 Å². The number of methoxy groups -OCH3 is 1. The van der Waals surface area contributed by atoms with E-state index in [1.54, 1.807) is 18.2 Å². The van der Waals surface area contributed by atoms with Crippen molar-refractivity contribution in [2.45, 2.75) is 13.3 Å². The minimum absolute atomic E-state index is 0.363. The molecule has 1 rings (SSSR count). The lowest BCUT2D eigenvalue weighted by atomic mass is 10.2. The number of nitrogen functional groups attached to an aromatic ring is 1. The molecule has 100 valence electrons. The largest absolute Gasteiger partial charge is 0.490 e. The average molecular weight is 253 g/mol. The van der Waals surface area contributed by atoms with Gasteiger partial charge in [0, 0.05) is 18.4 Å². The molecule has 2 N–H and O–H groups in total. The van der Waals surface area contributed by atoms with E-state index in [0.29, 0.717) is 36.8 Å². The summed E-state index contributed by atoms with van der Waals surface area (Å²) in [6.07, 6.45) is 0.964. The molecule has 0 fully saturated rings. The van der Waals surface area contributed by atoms with Gasteiger partial charge in [0.05, 0.1) is 13.7 Å². The molecular formula is C13H19NO4. The third-order valence-corrected chi connectivity index (χ3v) is 2.24. The molecule has 0 heterocycles. The second kappa shape index (κ2) is 7.55. The van der Waals surface area contributed by atoms with Gasteiger partial charge in [-0.25, -0.2) is 4.79 Å². The SMILES string of the molecule is CCCOCCOc1cc(N)ccc1C(=O)OC. The first kappa shape index (κ1) is 14.3. The third-order valence-electron chi connectivity index (χ3n) is 2.24. The van der Waals surface area contributed by atoms with Crippen molar-refractivity contribution in [2.75, 3.05) is 32.7 Å². The van der Waals surface area contributed by atoms with Crippen LogP contribution in [0.25, 0.3) is 0 Å². The first-order chi connectivity index (χ1) is 8.69. The van der Waals surface area contributed by atoms with Gasteiger partial charge in [-0.15, -0.1) is 0 Å². The van der Waals surface area contributed by atoms with Crippen LogP contribution < -0.4 is 10.5 Å². The number of hydrogen-bond acceptors (Lipinski definition) is 5. The van der Waals surface area contributed by atoms with Gasteiger partial charge >= 0.3 is 5.97 Å². The zero-order valence-corrected chi connectivity index (χ0v) is 10.8. The summed E-state index contributed by atoms with van der Waals surface area (Å²) < 4.78 is 15.4. The van der Waals surface area contributed by atoms with E-state index in [1.165, 1.54) is 7.11 Å². The second-order valence-corrected chi connectivity index (χ2v) is 3.71. The van der Waals surface area contributed by atoms with E-state index < -0.39 is 5.97 Å². The lowest BCUT2D eigenvalue weighted by Crippen LogP contribution is -2.11. The van der Waals surface area contributed by atoms with E-state index in [-0.39, 0.29) is 0 Å². The van der Waals surface area contributed by atoms with Crippen LogP contribution in [0, 0.1) is 0 Å². The highest BCUT2D eigenvalue weighted by atomic mass is 16.5. The molecule has 0 aliphatic carbocycles. The fourth-order valence-electron chi connectivity index (χ4n) is 1.39. The molecule has 1 aromatic rings. The number of ether oxygens (including phenoxy) is 3. The molecule has 0 spiro atoms. The molecule has 0 unspecified atom stereocenters. The van der Waals surface area contributed by atoms with E-state index >= 15 is 0 Å². The normalized spacial score (nSPS) is 10.1. The summed E-state index contributed by atoms with van der Waals surface area (Å²) in [6.45, 7) is 3.58. The van der Waals surface area contributed by atoms with Gasteiger partial charge in [-0.3, -0.25) is 0 Å². The van der Waals surface area contributed by atoms with Crippen molar-refractivity contribution in [1.29, 1.82) is 0 Å². The molecule has 0 aliphatic heterocycles. The Kier molecular flexibility index (Phi) is 6.00. The zero-order chi connectivity index (χ0) is 13.4. The molecule has 0 aliphatic rings. The molecule has 5 nitrogen and oxygen atoms in total. The summed E-state index contributed by atoms with van der Waals surface area (Å²) in [4.78, 5) is 11.5. The van der Waals surface area contributed by atoms with Crippen molar-refractivity contribution in [1.82, 2.24) is 0 Å². The minimum Gasteiger partial charge on any atom is -0.490 e. The van der Waals surface area contributed by atoms with Gasteiger partial charge < -0.3 is 19.9 Å². The van der Waals surface area contributed by atoms with Crippen LogP contribution in [0.5, 0.6) is 5.75 Å². The van der Waals surface area contributed by atoms with E-state index in [9.17, 15) is 4.79 Å². The summed E-state index contributed by atoms with van der Waals surface area (Å²) in [5, 5.41) is 0. The van der Waals surface area contributed by atoms with Crippen LogP contribution in [0.3, 0.4) is 0 Å². The molecule has 0 atom stereocenters. The monoisotopic (exact) mass is 253 g/mol. The molecule has 0 radical (unpaired) electrons. The van der Waals surface area contributed by atoms with E-state index in [2.05, 4.69) is 4.74 Å². The first-order valence-electron chi connectivity index (χ1n) is 5.87. The maximum Gasteiger partial charge on any atom is 0.341 e. The van der Waals surface area contributed by atoms with Crippen molar-refractivity contribution in [3.8, 4) is 5.75 Å². The number of esters is 1. The average Bonchev–Trinajstić information content (AvgIpc) is 2.38. The predicted octanol–water partition coefficient (Wildman–Crippen LogP) is 1.86. The van der Waals surface area contributed by atoms with Crippen molar-refractivity contribution < 1.29 is 19.0 Å². The molecular weight excluding hydrogens is 234 g/mol. The quantitative estimate of drug-likeness (QED) is 0.456. The molecule has 0 saturated heterocycles. The Balaban J connectivity index is 2.62. The van der Waals surface area contributed by atoms with Crippen LogP contribution in [-0.4, -0.2) is 32.9 Å². The first-order valence-corrected chi connectivity index (χ1v) is 5.87. The second-order valence-electron chi connectivity index (χ2n) is 3.71. The van der Waals surface area contributed by atoms with Crippen LogP contribution in [0.2, 0.25) is 0 Å². The number of benzene rings is 1. The standard InChI is InChI=1S/C13H19NO4/c1-3-6-17-7-8-18-12-9-10(14)4-5-11(12)13(15)16-2/h4-5,9H,3,6-8,14H2,1-2H3. The summed E-state index contributed by atoms with van der Waals surface area (Å²) in [6, 6.07) is 4.82. The molecule has 0 aromatic heterocycles. The summed E-state index contributed by atoms with van der Waals surface area (Å²) >= 11 is 0. The van der Waals surface area contributed by atoms with Crippen molar-refractivity contribution in [3.63, 3.8) is 0 Å². The number of hydrogen-bond donors (Lipinski definition) is 1. The predicted molar refractivity (Wildman–Crippen MR) is 68.8 cm³/mol. The lowest BCUT2D eigenvalue weighted by Gasteiger charge is -2.11. The Hall–Kier alpha value is -1.75. The number of anilines is 1. The Bertz CT molecular complexity index is 393. The van der Waals surface area contributed by atoms with Gasteiger partial charge in [0.15, 0.2) is 0 Å². The molecule has 0 bridgehead atoms. The summed E-state index contributed by atoms with van der Waals surface area (Å²) in [7, 11) is 1.33. The number of nitrogens with two attached hydrogens (primary N) is 1. The van der Waals surface area contributed by atoms with Crippen molar-refractivity contribution >= 4 is 11.7 Å². The lowest BCUT2D eigenvalue weighted by molar-refractivity contribution is 0.0591. The van der Waals surface area contributed by atoms with Crippen molar-refractivity contribution in [3.05, 3.63) is 23.8 Å². The number of rotatable bonds is 7. The summed E-state index contributed by atoms with van der Waals surface area (Å²) in [5.74, 6) is -0.0265. The van der Waals surface area contributed by atoms with Crippen LogP contribution in [0.1, 0.15) is 23.7 Å². The smallest absolute Gasteiger partial charge is 0.341 e. The van der Waals surface area contributed by atoms with Gasteiger partial charge in [0.1, 0.15) is 17.9 Å². The third kappa shape index (κ3) is 4.25. The number of carbonyl (C=O) groups is 1. The van der Waals surface area contributed by atoms with E-state index in [0.717, 1.165) is 6.42 Å². The highest BCUT2D eigenvalue weighted by molar-refractivity contribution is 5.93. The maximum atomic E-state index is 11.5. The Morgan fingerprint density at radius 3 is 2.72 bits per heavy atom. The topological polar surface area (TPSA) is 70.8 Å². The van der Waals surface area contributed by atoms with Crippen molar-refractivity contribution in [2.24, 2.45) is 0 Å². The fourth-order valence-corrected chi connectivity index (χ4v) is 1.39. The fraction of sp³-hybridized carbons (Fsp3) is 0.462. The summed E-state index contributed by atoms with van der Waals surface area (Å²) in [5.41, 5.74) is 6.56. The van der Waals surface area contributed by atoms with E-state index in [4.69, 9.17) is 15.2 Å².